The summed E-state index contributed by atoms with van der Waals surface area (Å²) in [4.78, 5) is 29.2. The fraction of sp³-hybridized carbons (Fsp3) is 0.667. The standard InChI is InChI=1S/3C18H24N2O4S.H3O4P/c3*1-25(21,22)20-5-2-3-13-10-19-6-4-12-7-17-18(24-11-23-17)8-14(12)16(19)9-15(13)20;1-5(2,3)4/h3*7-8,13,15-16H,2-6,9-11H2,1H3;(H3,1,2,3,4)/t3*13-,15+,16+;/m111./s1. The zero-order chi connectivity index (χ0) is 56.0. The van der Waals surface area contributed by atoms with Gasteiger partial charge in [0.15, 0.2) is 34.5 Å². The lowest BCUT2D eigenvalue weighted by Gasteiger charge is -2.51. The van der Waals surface area contributed by atoms with Gasteiger partial charge in [0.05, 0.1) is 18.8 Å². The Morgan fingerprint density at radius 3 is 0.925 bits per heavy atom. The Morgan fingerprint density at radius 1 is 0.425 bits per heavy atom. The molecule has 0 spiro atoms. The van der Waals surface area contributed by atoms with Crippen molar-refractivity contribution in [2.45, 2.75) is 113 Å². The van der Waals surface area contributed by atoms with Crippen LogP contribution in [0.4, 0.5) is 0 Å². The first-order chi connectivity index (χ1) is 38.0. The molecule has 15 rings (SSSR count). The predicted octanol–water partition coefficient (Wildman–Crippen LogP) is 4.35. The quantitative estimate of drug-likeness (QED) is 0.308. The molecule has 0 unspecified atom stereocenters. The number of benzene rings is 3. The molecule has 22 nitrogen and oxygen atoms in total. The van der Waals surface area contributed by atoms with E-state index < -0.39 is 37.9 Å². The average Bonchev–Trinajstić information content (AvgIpc) is 3.83. The fourth-order valence-electron chi connectivity index (χ4n) is 15.6. The molecule has 9 atom stereocenters. The largest absolute Gasteiger partial charge is 0.466 e. The third-order valence-corrected chi connectivity index (χ3v) is 22.9. The SMILES string of the molecule is CS(=O)(=O)N1CCC[C@@H]2CN3CCc4cc5c(cc4[C@@H]3C[C@@H]21)OCO5.CS(=O)(=O)N1CCC[C@@H]2CN3CCc4cc5c(cc4[C@@H]3C[C@@H]21)OCO5.CS(=O)(=O)N1CCC[C@@H]2CN3CCc4cc5c(cc4[C@@H]3C[C@@H]21)OCO5.O=P(O)(O)O. The summed E-state index contributed by atoms with van der Waals surface area (Å²) < 4.78 is 121. The van der Waals surface area contributed by atoms with E-state index in [0.717, 1.165) is 151 Å². The van der Waals surface area contributed by atoms with E-state index in [1.54, 1.807) is 12.9 Å². The molecule has 0 amide bonds. The Labute approximate surface area is 469 Å². The molecular formula is C54H75N6O16PS3. The lowest BCUT2D eigenvalue weighted by atomic mass is 9.77. The number of rotatable bonds is 3. The van der Waals surface area contributed by atoms with Crippen LogP contribution in [0.2, 0.25) is 0 Å². The number of phosphoric acid groups is 1. The van der Waals surface area contributed by atoms with E-state index in [0.29, 0.717) is 57.8 Å². The van der Waals surface area contributed by atoms with Crippen LogP contribution in [0.3, 0.4) is 0 Å². The van der Waals surface area contributed by atoms with Gasteiger partial charge < -0.3 is 43.1 Å². The lowest BCUT2D eigenvalue weighted by molar-refractivity contribution is 0.0221. The minimum Gasteiger partial charge on any atom is -0.454 e. The number of hydrogen-bond acceptors (Lipinski definition) is 16. The minimum absolute atomic E-state index is 0.126. The highest BCUT2D eigenvalue weighted by Gasteiger charge is 2.49. The molecule has 3 aromatic carbocycles. The number of hydrogen-bond donors (Lipinski definition) is 3. The first kappa shape index (κ1) is 56.7. The van der Waals surface area contributed by atoms with Gasteiger partial charge in [0.25, 0.3) is 0 Å². The molecule has 3 aromatic rings. The molecule has 12 heterocycles. The zero-order valence-electron chi connectivity index (χ0n) is 45.6. The highest BCUT2D eigenvalue weighted by molar-refractivity contribution is 7.88. The van der Waals surface area contributed by atoms with Gasteiger partial charge in [0.2, 0.25) is 50.4 Å². The van der Waals surface area contributed by atoms with Crippen molar-refractivity contribution >= 4 is 37.9 Å². The molecule has 6 saturated heterocycles. The number of sulfonamides is 3. The molecule has 0 aliphatic carbocycles. The van der Waals surface area contributed by atoms with Crippen LogP contribution >= 0.6 is 7.82 Å². The molecule has 26 heteroatoms. The van der Waals surface area contributed by atoms with Gasteiger partial charge in [-0.2, -0.15) is 12.9 Å². The molecule has 12 aliphatic heterocycles. The molecule has 0 aromatic heterocycles. The van der Waals surface area contributed by atoms with Gasteiger partial charge in [0, 0.05) is 95.2 Å². The van der Waals surface area contributed by atoms with E-state index in [9.17, 15) is 25.3 Å². The smallest absolute Gasteiger partial charge is 0.454 e. The summed E-state index contributed by atoms with van der Waals surface area (Å²) in [6.07, 6.45) is 16.1. The summed E-state index contributed by atoms with van der Waals surface area (Å²) >= 11 is 0. The van der Waals surface area contributed by atoms with E-state index in [4.69, 9.17) is 47.7 Å². The van der Waals surface area contributed by atoms with Crippen LogP contribution in [-0.2, 0) is 53.9 Å². The summed E-state index contributed by atoms with van der Waals surface area (Å²) in [7, 11) is -14.1. The van der Waals surface area contributed by atoms with Crippen molar-refractivity contribution in [2.75, 3.05) is 98.0 Å². The van der Waals surface area contributed by atoms with Crippen LogP contribution < -0.4 is 28.4 Å². The second kappa shape index (κ2) is 22.0. The van der Waals surface area contributed by atoms with E-state index in [1.807, 2.05) is 0 Å². The maximum atomic E-state index is 12.3. The highest BCUT2D eigenvalue weighted by Crippen LogP contribution is 2.50. The highest BCUT2D eigenvalue weighted by atomic mass is 32.2. The third-order valence-electron chi connectivity index (χ3n) is 19.0. The monoisotopic (exact) mass is 1190 g/mol. The topological polar surface area (TPSA) is 255 Å². The maximum absolute atomic E-state index is 12.3. The molecule has 0 radical (unpaired) electrons. The van der Waals surface area contributed by atoms with Crippen molar-refractivity contribution in [2.24, 2.45) is 17.8 Å². The van der Waals surface area contributed by atoms with Crippen molar-refractivity contribution in [1.29, 1.82) is 0 Å². The number of piperidine rings is 6. The van der Waals surface area contributed by atoms with Crippen molar-refractivity contribution in [3.05, 3.63) is 69.8 Å². The molecule has 3 N–H and O–H groups in total. The maximum Gasteiger partial charge on any atom is 0.466 e. The summed E-state index contributed by atoms with van der Waals surface area (Å²) in [5, 5.41) is 0. The van der Waals surface area contributed by atoms with Crippen molar-refractivity contribution in [3.8, 4) is 34.5 Å². The first-order valence-electron chi connectivity index (χ1n) is 28.2. The number of fused-ring (bicyclic) bond motifs is 15. The molecule has 0 bridgehead atoms. The van der Waals surface area contributed by atoms with Gasteiger partial charge in [-0.05, 0) is 165 Å². The molecule has 6 fully saturated rings. The van der Waals surface area contributed by atoms with Crippen molar-refractivity contribution < 1.29 is 72.9 Å². The van der Waals surface area contributed by atoms with Gasteiger partial charge in [-0.3, -0.25) is 14.7 Å². The van der Waals surface area contributed by atoms with Crippen molar-refractivity contribution in [3.63, 3.8) is 0 Å². The van der Waals surface area contributed by atoms with Crippen LogP contribution in [0, 0.1) is 17.8 Å². The summed E-state index contributed by atoms with van der Waals surface area (Å²) in [6, 6.07) is 14.0. The van der Waals surface area contributed by atoms with Crippen LogP contribution in [0.25, 0.3) is 0 Å². The van der Waals surface area contributed by atoms with Crippen LogP contribution in [0.1, 0.15) is 109 Å². The second-order valence-corrected chi connectivity index (χ2v) is 30.6. The zero-order valence-corrected chi connectivity index (χ0v) is 49.0. The normalized spacial score (nSPS) is 30.7. The average molecular weight is 1190 g/mol. The molecular weight excluding hydrogens is 1120 g/mol. The second-order valence-electron chi connectivity index (χ2n) is 23.7. The van der Waals surface area contributed by atoms with Crippen LogP contribution in [-0.4, -0.2) is 184 Å². The Hall–Kier alpha value is -3.82. The molecule has 0 saturated carbocycles. The van der Waals surface area contributed by atoms with Gasteiger partial charge in [-0.15, -0.1) is 0 Å². The summed E-state index contributed by atoms with van der Waals surface area (Å²) in [5.74, 6) is 6.37. The van der Waals surface area contributed by atoms with Gasteiger partial charge >= 0.3 is 7.82 Å². The Balaban J connectivity index is 0.000000114. The van der Waals surface area contributed by atoms with E-state index in [2.05, 4.69) is 51.1 Å². The Kier molecular flexibility index (Phi) is 15.6. The molecule has 12 aliphatic rings. The summed E-state index contributed by atoms with van der Waals surface area (Å²) in [5.41, 5.74) is 7.87. The van der Waals surface area contributed by atoms with Gasteiger partial charge in [-0.25, -0.2) is 29.8 Å². The van der Waals surface area contributed by atoms with E-state index in [-0.39, 0.29) is 36.3 Å². The van der Waals surface area contributed by atoms with Crippen LogP contribution in [0.5, 0.6) is 34.5 Å². The summed E-state index contributed by atoms with van der Waals surface area (Å²) in [6.45, 7) is 8.98. The predicted molar refractivity (Wildman–Crippen MR) is 294 cm³/mol. The Morgan fingerprint density at radius 2 is 0.675 bits per heavy atom. The minimum atomic E-state index is -4.64. The Bertz CT molecular complexity index is 2930. The van der Waals surface area contributed by atoms with Crippen LogP contribution in [0.15, 0.2) is 36.4 Å². The van der Waals surface area contributed by atoms with E-state index in [1.165, 1.54) is 52.1 Å². The molecule has 80 heavy (non-hydrogen) atoms. The van der Waals surface area contributed by atoms with Crippen molar-refractivity contribution in [1.82, 2.24) is 27.6 Å². The van der Waals surface area contributed by atoms with Gasteiger partial charge in [-0.1, -0.05) is 0 Å². The number of nitrogens with zero attached hydrogens (tertiary/aromatic N) is 6. The third kappa shape index (κ3) is 11.6. The fourth-order valence-corrected chi connectivity index (χ4v) is 19.2. The molecule has 440 valence electrons. The van der Waals surface area contributed by atoms with E-state index >= 15 is 0 Å². The lowest BCUT2D eigenvalue weighted by Crippen LogP contribution is -2.57. The first-order valence-corrected chi connectivity index (χ1v) is 35.3. The van der Waals surface area contributed by atoms with Gasteiger partial charge in [0.1, 0.15) is 0 Å². The number of ether oxygens (including phenoxy) is 6.